The second kappa shape index (κ2) is 7.95. The highest BCUT2D eigenvalue weighted by Crippen LogP contribution is 2.19. The predicted molar refractivity (Wildman–Crippen MR) is 89.4 cm³/mol. The van der Waals surface area contributed by atoms with Crippen LogP contribution in [-0.4, -0.2) is 25.0 Å². The van der Waals surface area contributed by atoms with Gasteiger partial charge in [-0.15, -0.1) is 0 Å². The highest BCUT2D eigenvalue weighted by molar-refractivity contribution is 5.94. The number of benzene rings is 2. The van der Waals surface area contributed by atoms with E-state index >= 15 is 0 Å². The van der Waals surface area contributed by atoms with Gasteiger partial charge in [-0.2, -0.15) is 0 Å². The summed E-state index contributed by atoms with van der Waals surface area (Å²) in [6, 6.07) is 14.3. The van der Waals surface area contributed by atoms with Gasteiger partial charge in [-0.1, -0.05) is 18.2 Å². The molecular formula is C17H19N3O3. The third-order valence-electron chi connectivity index (χ3n) is 3.08. The Balaban J connectivity index is 1.91. The van der Waals surface area contributed by atoms with Gasteiger partial charge < -0.3 is 21.1 Å². The van der Waals surface area contributed by atoms with Gasteiger partial charge in [0.2, 0.25) is 5.91 Å². The van der Waals surface area contributed by atoms with Gasteiger partial charge >= 0.3 is 0 Å². The molecular weight excluding hydrogens is 294 g/mol. The van der Waals surface area contributed by atoms with Gasteiger partial charge in [0, 0.05) is 11.4 Å². The van der Waals surface area contributed by atoms with Crippen molar-refractivity contribution in [2.75, 3.05) is 23.8 Å². The van der Waals surface area contributed by atoms with Crippen molar-refractivity contribution in [3.8, 4) is 5.75 Å². The van der Waals surface area contributed by atoms with Crippen LogP contribution in [0.4, 0.5) is 11.4 Å². The van der Waals surface area contributed by atoms with E-state index in [-0.39, 0.29) is 25.0 Å². The molecule has 120 valence electrons. The molecule has 0 saturated carbocycles. The quantitative estimate of drug-likeness (QED) is 0.759. The van der Waals surface area contributed by atoms with Crippen LogP contribution in [-0.2, 0) is 9.59 Å². The molecule has 0 aliphatic rings. The lowest BCUT2D eigenvalue weighted by atomic mass is 10.1. The van der Waals surface area contributed by atoms with Crippen LogP contribution in [0.2, 0.25) is 0 Å². The minimum Gasteiger partial charge on any atom is -0.484 e. The fourth-order valence-corrected chi connectivity index (χ4v) is 1.95. The number of amides is 2. The molecule has 0 aliphatic heterocycles. The molecule has 6 heteroatoms. The fourth-order valence-electron chi connectivity index (χ4n) is 1.95. The van der Waals surface area contributed by atoms with E-state index in [0.717, 1.165) is 5.56 Å². The molecule has 0 radical (unpaired) electrons. The summed E-state index contributed by atoms with van der Waals surface area (Å²) in [4.78, 5) is 23.2. The summed E-state index contributed by atoms with van der Waals surface area (Å²) >= 11 is 0. The third-order valence-corrected chi connectivity index (χ3v) is 3.08. The van der Waals surface area contributed by atoms with Crippen LogP contribution in [0.5, 0.6) is 5.75 Å². The van der Waals surface area contributed by atoms with Gasteiger partial charge in [0.15, 0.2) is 6.61 Å². The number of nitrogens with one attached hydrogen (secondary N) is 2. The molecule has 0 saturated heterocycles. The number of carbonyl (C=O) groups excluding carboxylic acids is 2. The van der Waals surface area contributed by atoms with Crippen LogP contribution in [0.1, 0.15) is 5.56 Å². The maximum atomic E-state index is 11.9. The smallest absolute Gasteiger partial charge is 0.262 e. The van der Waals surface area contributed by atoms with E-state index in [4.69, 9.17) is 10.5 Å². The number of nitrogens with two attached hydrogens (primary N) is 1. The summed E-state index contributed by atoms with van der Waals surface area (Å²) in [5.74, 6) is 0.118. The largest absolute Gasteiger partial charge is 0.484 e. The van der Waals surface area contributed by atoms with Crippen LogP contribution in [0, 0.1) is 6.92 Å². The van der Waals surface area contributed by atoms with Gasteiger partial charge in [0.25, 0.3) is 5.91 Å². The van der Waals surface area contributed by atoms with Gasteiger partial charge in [0.1, 0.15) is 5.75 Å². The zero-order chi connectivity index (χ0) is 16.7. The first kappa shape index (κ1) is 16.5. The van der Waals surface area contributed by atoms with Gasteiger partial charge in [0.05, 0.1) is 6.54 Å². The Morgan fingerprint density at radius 1 is 1.04 bits per heavy atom. The minimum absolute atomic E-state index is 0.0743. The van der Waals surface area contributed by atoms with Crippen molar-refractivity contribution >= 4 is 23.2 Å². The molecule has 0 atom stereocenters. The lowest BCUT2D eigenvalue weighted by Crippen LogP contribution is -2.22. The van der Waals surface area contributed by atoms with E-state index in [2.05, 4.69) is 10.6 Å². The van der Waals surface area contributed by atoms with Crippen molar-refractivity contribution in [3.05, 3.63) is 54.1 Å². The standard InChI is InChI=1S/C17H19N3O3/c1-12-9-13(19-16(21)10-18)7-8-15(12)20-17(22)11-23-14-5-3-2-4-6-14/h2-9H,10-11,18H2,1H3,(H,19,21)(H,20,22). The summed E-state index contributed by atoms with van der Waals surface area (Å²) in [7, 11) is 0. The number of ether oxygens (including phenoxy) is 1. The molecule has 0 aliphatic carbocycles. The lowest BCUT2D eigenvalue weighted by molar-refractivity contribution is -0.118. The Bertz CT molecular complexity index is 687. The van der Waals surface area contributed by atoms with Gasteiger partial charge in [-0.3, -0.25) is 9.59 Å². The Morgan fingerprint density at radius 2 is 1.78 bits per heavy atom. The minimum atomic E-state index is -0.266. The van der Waals surface area contributed by atoms with E-state index in [1.54, 1.807) is 30.3 Å². The molecule has 0 aromatic heterocycles. The number of hydrogen-bond donors (Lipinski definition) is 3. The number of hydrogen-bond acceptors (Lipinski definition) is 4. The van der Waals surface area contributed by atoms with E-state index in [9.17, 15) is 9.59 Å². The number of aryl methyl sites for hydroxylation is 1. The lowest BCUT2D eigenvalue weighted by Gasteiger charge is -2.11. The molecule has 4 N–H and O–H groups in total. The summed E-state index contributed by atoms with van der Waals surface area (Å²) in [5, 5.41) is 5.43. The Morgan fingerprint density at radius 3 is 2.43 bits per heavy atom. The van der Waals surface area contributed by atoms with Crippen molar-refractivity contribution < 1.29 is 14.3 Å². The molecule has 0 fully saturated rings. The molecule has 2 rings (SSSR count). The molecule has 0 heterocycles. The van der Waals surface area contributed by atoms with Crippen molar-refractivity contribution in [2.45, 2.75) is 6.92 Å². The first-order valence-corrected chi connectivity index (χ1v) is 7.17. The molecule has 2 amide bonds. The normalized spacial score (nSPS) is 10.0. The first-order valence-electron chi connectivity index (χ1n) is 7.17. The molecule has 2 aromatic carbocycles. The second-order valence-electron chi connectivity index (χ2n) is 4.93. The summed E-state index contributed by atoms with van der Waals surface area (Å²) in [6.45, 7) is 1.69. The molecule has 0 spiro atoms. The van der Waals surface area contributed by atoms with E-state index in [0.29, 0.717) is 17.1 Å². The Kier molecular flexibility index (Phi) is 5.71. The molecule has 23 heavy (non-hydrogen) atoms. The topological polar surface area (TPSA) is 93.5 Å². The van der Waals surface area contributed by atoms with Crippen molar-refractivity contribution in [1.29, 1.82) is 0 Å². The number of para-hydroxylation sites is 1. The summed E-state index contributed by atoms with van der Waals surface area (Å²) in [5.41, 5.74) is 7.38. The summed E-state index contributed by atoms with van der Waals surface area (Å²) < 4.78 is 5.39. The van der Waals surface area contributed by atoms with E-state index in [1.807, 2.05) is 25.1 Å². The summed E-state index contributed by atoms with van der Waals surface area (Å²) in [6.07, 6.45) is 0. The highest BCUT2D eigenvalue weighted by Gasteiger charge is 2.07. The van der Waals surface area contributed by atoms with Crippen LogP contribution in [0.3, 0.4) is 0 Å². The number of rotatable bonds is 6. The Labute approximate surface area is 134 Å². The highest BCUT2D eigenvalue weighted by atomic mass is 16.5. The predicted octanol–water partition coefficient (Wildman–Crippen LogP) is 1.91. The number of carbonyl (C=O) groups is 2. The van der Waals surface area contributed by atoms with E-state index in [1.165, 1.54) is 0 Å². The molecule has 0 bridgehead atoms. The zero-order valence-electron chi connectivity index (χ0n) is 12.8. The van der Waals surface area contributed by atoms with Crippen LogP contribution in [0.25, 0.3) is 0 Å². The average Bonchev–Trinajstić information content (AvgIpc) is 2.56. The Hall–Kier alpha value is -2.86. The third kappa shape index (κ3) is 5.12. The maximum Gasteiger partial charge on any atom is 0.262 e. The van der Waals surface area contributed by atoms with Crippen LogP contribution >= 0.6 is 0 Å². The van der Waals surface area contributed by atoms with Gasteiger partial charge in [-0.05, 0) is 42.8 Å². The monoisotopic (exact) mass is 313 g/mol. The molecule has 2 aromatic rings. The van der Waals surface area contributed by atoms with Crippen LogP contribution in [0.15, 0.2) is 48.5 Å². The SMILES string of the molecule is Cc1cc(NC(=O)CN)ccc1NC(=O)COc1ccccc1. The van der Waals surface area contributed by atoms with Crippen LogP contribution < -0.4 is 21.1 Å². The van der Waals surface area contributed by atoms with Crippen molar-refractivity contribution in [1.82, 2.24) is 0 Å². The maximum absolute atomic E-state index is 11.9. The molecule has 6 nitrogen and oxygen atoms in total. The number of anilines is 2. The zero-order valence-corrected chi connectivity index (χ0v) is 12.8. The molecule has 0 unspecified atom stereocenters. The second-order valence-corrected chi connectivity index (χ2v) is 4.93. The first-order chi connectivity index (χ1) is 11.1. The van der Waals surface area contributed by atoms with Crippen molar-refractivity contribution in [3.63, 3.8) is 0 Å². The van der Waals surface area contributed by atoms with Crippen molar-refractivity contribution in [2.24, 2.45) is 5.73 Å². The van der Waals surface area contributed by atoms with Gasteiger partial charge in [-0.25, -0.2) is 0 Å². The average molecular weight is 313 g/mol. The van der Waals surface area contributed by atoms with E-state index < -0.39 is 0 Å². The fraction of sp³-hybridized carbons (Fsp3) is 0.176.